The van der Waals surface area contributed by atoms with E-state index >= 15 is 0 Å². The van der Waals surface area contributed by atoms with Gasteiger partial charge in [0, 0.05) is 18.5 Å². The van der Waals surface area contributed by atoms with Crippen LogP contribution in [0, 0.1) is 5.92 Å². The number of methoxy groups -OCH3 is 1. The molecule has 0 spiro atoms. The molecule has 1 aliphatic rings. The normalized spacial score (nSPS) is 16.1. The van der Waals surface area contributed by atoms with Crippen LogP contribution in [0.1, 0.15) is 30.3 Å². The molecule has 1 saturated heterocycles. The summed E-state index contributed by atoms with van der Waals surface area (Å²) in [6.45, 7) is 2.85. The highest BCUT2D eigenvalue weighted by Gasteiger charge is 2.31. The van der Waals surface area contributed by atoms with Gasteiger partial charge in [0.05, 0.1) is 25.0 Å². The summed E-state index contributed by atoms with van der Waals surface area (Å²) in [5, 5.41) is 5.34. The number of carbonyl (C=O) groups is 2. The fraction of sp³-hybridized carbons (Fsp3) is 0.333. The van der Waals surface area contributed by atoms with Crippen molar-refractivity contribution in [2.24, 2.45) is 5.92 Å². The Kier molecular flexibility index (Phi) is 6.20. The van der Waals surface area contributed by atoms with E-state index in [1.165, 1.54) is 11.8 Å². The molecule has 1 fully saturated rings. The third-order valence-electron chi connectivity index (χ3n) is 5.65. The number of likely N-dealkylation sites (tertiary alicyclic amines) is 1. The van der Waals surface area contributed by atoms with Crippen LogP contribution in [0.4, 0.5) is 0 Å². The smallest absolute Gasteiger partial charge is 0.310 e. The van der Waals surface area contributed by atoms with Crippen molar-refractivity contribution in [3.05, 3.63) is 64.6 Å². The fourth-order valence-electron chi connectivity index (χ4n) is 4.08. The van der Waals surface area contributed by atoms with Gasteiger partial charge in [-0.3, -0.25) is 14.4 Å². The van der Waals surface area contributed by atoms with E-state index in [1.54, 1.807) is 60.4 Å². The highest BCUT2D eigenvalue weighted by atomic mass is 16.5. The van der Waals surface area contributed by atoms with Crippen LogP contribution < -0.4 is 10.3 Å². The summed E-state index contributed by atoms with van der Waals surface area (Å²) < 4.78 is 11.8. The third-order valence-corrected chi connectivity index (χ3v) is 5.65. The molecule has 1 amide bonds. The van der Waals surface area contributed by atoms with Crippen molar-refractivity contribution >= 4 is 22.6 Å². The van der Waals surface area contributed by atoms with Gasteiger partial charge in [-0.25, -0.2) is 0 Å². The zero-order chi connectivity index (χ0) is 22.7. The van der Waals surface area contributed by atoms with Crippen LogP contribution in [0.15, 0.2) is 53.3 Å². The molecule has 1 atom stereocenters. The Morgan fingerprint density at radius 2 is 1.81 bits per heavy atom. The number of piperidine rings is 1. The minimum absolute atomic E-state index is 0.163. The zero-order valence-electron chi connectivity index (χ0n) is 18.1. The summed E-state index contributed by atoms with van der Waals surface area (Å²) in [5.74, 6) is -0.504. The summed E-state index contributed by atoms with van der Waals surface area (Å²) in [7, 11) is 1.51. The lowest BCUT2D eigenvalue weighted by Crippen LogP contribution is -2.43. The van der Waals surface area contributed by atoms with Crippen molar-refractivity contribution < 1.29 is 19.1 Å². The van der Waals surface area contributed by atoms with E-state index in [1.807, 2.05) is 0 Å². The third kappa shape index (κ3) is 3.95. The van der Waals surface area contributed by atoms with Gasteiger partial charge in [0.2, 0.25) is 0 Å². The van der Waals surface area contributed by atoms with Gasteiger partial charge >= 0.3 is 5.97 Å². The molecule has 8 nitrogen and oxygen atoms in total. The van der Waals surface area contributed by atoms with Gasteiger partial charge in [-0.05, 0) is 38.0 Å². The first kappa shape index (κ1) is 21.5. The molecular weight excluding hydrogens is 410 g/mol. The van der Waals surface area contributed by atoms with Crippen molar-refractivity contribution in [2.45, 2.75) is 19.8 Å². The number of benzene rings is 2. The lowest BCUT2D eigenvalue weighted by Gasteiger charge is -2.31. The van der Waals surface area contributed by atoms with E-state index in [2.05, 4.69) is 5.10 Å². The summed E-state index contributed by atoms with van der Waals surface area (Å²) in [6, 6.07) is 13.9. The lowest BCUT2D eigenvalue weighted by molar-refractivity contribution is -0.149. The van der Waals surface area contributed by atoms with Gasteiger partial charge in [0.1, 0.15) is 11.4 Å². The lowest BCUT2D eigenvalue weighted by atomic mass is 9.97. The van der Waals surface area contributed by atoms with Crippen LogP contribution >= 0.6 is 0 Å². The Morgan fingerprint density at radius 1 is 1.09 bits per heavy atom. The van der Waals surface area contributed by atoms with Crippen LogP contribution in [0.5, 0.6) is 5.75 Å². The number of para-hydroxylation sites is 2. The van der Waals surface area contributed by atoms with Crippen molar-refractivity contribution in [3.8, 4) is 11.4 Å². The second-order valence-electron chi connectivity index (χ2n) is 7.63. The molecule has 2 aromatic carbocycles. The van der Waals surface area contributed by atoms with Gasteiger partial charge in [-0.15, -0.1) is 0 Å². The minimum atomic E-state index is -0.362. The molecule has 0 saturated carbocycles. The molecule has 2 heterocycles. The summed E-state index contributed by atoms with van der Waals surface area (Å²) in [6.07, 6.45) is 1.37. The van der Waals surface area contributed by atoms with Crippen LogP contribution in [0.2, 0.25) is 0 Å². The average Bonchev–Trinajstić information content (AvgIpc) is 2.84. The molecule has 1 aliphatic heterocycles. The van der Waals surface area contributed by atoms with E-state index in [0.717, 1.165) is 0 Å². The fourth-order valence-corrected chi connectivity index (χ4v) is 4.08. The SMILES string of the molecule is CCOC(=O)C1CCCN(C(=O)c2nn(-c3ccccc3OC)c(=O)c3ccccc23)C1. The summed E-state index contributed by atoms with van der Waals surface area (Å²) in [4.78, 5) is 40.6. The van der Waals surface area contributed by atoms with E-state index in [9.17, 15) is 14.4 Å². The Labute approximate surface area is 185 Å². The number of esters is 1. The second kappa shape index (κ2) is 9.21. The van der Waals surface area contributed by atoms with Crippen molar-refractivity contribution in [3.63, 3.8) is 0 Å². The van der Waals surface area contributed by atoms with Gasteiger partial charge in [-0.1, -0.05) is 30.3 Å². The van der Waals surface area contributed by atoms with E-state index in [4.69, 9.17) is 9.47 Å². The standard InChI is InChI=1S/C24H25N3O5/c1-3-32-24(30)16-9-8-14-26(15-16)23(29)21-17-10-4-5-11-18(17)22(28)27(25-21)19-12-6-7-13-20(19)31-2/h4-7,10-13,16H,3,8-9,14-15H2,1-2H3. The quantitative estimate of drug-likeness (QED) is 0.573. The van der Waals surface area contributed by atoms with Gasteiger partial charge < -0.3 is 14.4 Å². The number of hydrogen-bond donors (Lipinski definition) is 0. The number of nitrogens with zero attached hydrogens (tertiary/aromatic N) is 3. The molecule has 4 rings (SSSR count). The highest BCUT2D eigenvalue weighted by Crippen LogP contribution is 2.24. The molecule has 0 radical (unpaired) electrons. The van der Waals surface area contributed by atoms with Crippen molar-refractivity contribution in [2.75, 3.05) is 26.8 Å². The molecule has 0 N–H and O–H groups in total. The topological polar surface area (TPSA) is 90.7 Å². The van der Waals surface area contributed by atoms with Crippen molar-refractivity contribution in [1.29, 1.82) is 0 Å². The van der Waals surface area contributed by atoms with Crippen LogP contribution in [-0.2, 0) is 9.53 Å². The van der Waals surface area contributed by atoms with Crippen molar-refractivity contribution in [1.82, 2.24) is 14.7 Å². The second-order valence-corrected chi connectivity index (χ2v) is 7.63. The van der Waals surface area contributed by atoms with Crippen LogP contribution in [0.3, 0.4) is 0 Å². The first-order valence-corrected chi connectivity index (χ1v) is 10.7. The average molecular weight is 435 g/mol. The largest absolute Gasteiger partial charge is 0.494 e. The maximum Gasteiger partial charge on any atom is 0.310 e. The van der Waals surface area contributed by atoms with E-state index in [-0.39, 0.29) is 35.6 Å². The number of aromatic nitrogens is 2. The number of ether oxygens (including phenoxy) is 2. The summed E-state index contributed by atoms with van der Waals surface area (Å²) >= 11 is 0. The maximum atomic E-state index is 13.6. The Bertz CT molecular complexity index is 1220. The number of rotatable bonds is 5. The number of hydrogen-bond acceptors (Lipinski definition) is 6. The highest BCUT2D eigenvalue weighted by molar-refractivity contribution is 6.05. The predicted octanol–water partition coefficient (Wildman–Crippen LogP) is 2.81. The molecule has 32 heavy (non-hydrogen) atoms. The Morgan fingerprint density at radius 3 is 2.56 bits per heavy atom. The van der Waals surface area contributed by atoms with Crippen LogP contribution in [-0.4, -0.2) is 53.4 Å². The molecule has 166 valence electrons. The molecular formula is C24H25N3O5. The molecule has 8 heteroatoms. The molecule has 1 unspecified atom stereocenters. The Hall–Kier alpha value is -3.68. The Balaban J connectivity index is 1.80. The van der Waals surface area contributed by atoms with E-state index < -0.39 is 0 Å². The number of amides is 1. The molecule has 0 bridgehead atoms. The van der Waals surface area contributed by atoms with E-state index in [0.29, 0.717) is 48.2 Å². The maximum absolute atomic E-state index is 13.6. The monoisotopic (exact) mass is 435 g/mol. The minimum Gasteiger partial charge on any atom is -0.494 e. The molecule has 3 aromatic rings. The molecule has 1 aromatic heterocycles. The first-order chi connectivity index (χ1) is 15.5. The zero-order valence-corrected chi connectivity index (χ0v) is 18.1. The number of carbonyl (C=O) groups excluding carboxylic acids is 2. The van der Waals surface area contributed by atoms with Gasteiger partial charge in [0.25, 0.3) is 11.5 Å². The summed E-state index contributed by atoms with van der Waals surface area (Å²) in [5.41, 5.74) is 0.267. The van der Waals surface area contributed by atoms with Gasteiger partial charge in [-0.2, -0.15) is 9.78 Å². The molecule has 0 aliphatic carbocycles. The number of fused-ring (bicyclic) bond motifs is 1. The van der Waals surface area contributed by atoms with Crippen LogP contribution in [0.25, 0.3) is 16.5 Å². The predicted molar refractivity (Wildman–Crippen MR) is 119 cm³/mol. The van der Waals surface area contributed by atoms with Gasteiger partial charge in [0.15, 0.2) is 5.69 Å². The first-order valence-electron chi connectivity index (χ1n) is 10.7.